The molecule has 7 nitrogen and oxygen atoms in total. The molecule has 0 spiro atoms. The van der Waals surface area contributed by atoms with Crippen LogP contribution in [-0.2, 0) is 4.74 Å². The van der Waals surface area contributed by atoms with Crippen LogP contribution in [0, 0.1) is 5.41 Å². The van der Waals surface area contributed by atoms with E-state index in [1.54, 1.807) is 12.3 Å². The van der Waals surface area contributed by atoms with Crippen LogP contribution in [0.1, 0.15) is 0 Å². The van der Waals surface area contributed by atoms with Gasteiger partial charge in [0.05, 0.1) is 24.2 Å². The number of nitrogens with one attached hydrogen (secondary N) is 1. The van der Waals surface area contributed by atoms with Crippen molar-refractivity contribution >= 4 is 54.9 Å². The first-order valence-corrected chi connectivity index (χ1v) is 8.58. The summed E-state index contributed by atoms with van der Waals surface area (Å²) in [6, 6.07) is 5.48. The van der Waals surface area contributed by atoms with Crippen LogP contribution in [0.3, 0.4) is 0 Å². The highest BCUT2D eigenvalue weighted by molar-refractivity contribution is 9.10. The Morgan fingerprint density at radius 1 is 1.35 bits per heavy atom. The minimum atomic E-state index is 0.288. The Labute approximate surface area is 146 Å². The van der Waals surface area contributed by atoms with E-state index in [2.05, 4.69) is 30.9 Å². The number of hydrogen-bond donors (Lipinski definition) is 2. The Balaban J connectivity index is 1.73. The van der Waals surface area contributed by atoms with Gasteiger partial charge in [-0.2, -0.15) is 0 Å². The molecule has 0 saturated carbocycles. The number of fused-ring (bicyclic) bond motifs is 1. The number of hydrogen-bond acceptors (Lipinski definition) is 6. The van der Waals surface area contributed by atoms with Crippen molar-refractivity contribution in [1.82, 2.24) is 14.9 Å². The van der Waals surface area contributed by atoms with Crippen LogP contribution < -0.4 is 5.73 Å². The van der Waals surface area contributed by atoms with Crippen molar-refractivity contribution in [3.8, 4) is 0 Å². The van der Waals surface area contributed by atoms with Crippen LogP contribution in [0.2, 0.25) is 0 Å². The lowest BCUT2D eigenvalue weighted by molar-refractivity contribution is 0.0691. The molecular formula is C14H15BrN6OS. The van der Waals surface area contributed by atoms with Gasteiger partial charge in [0.25, 0.3) is 0 Å². The summed E-state index contributed by atoms with van der Waals surface area (Å²) in [4.78, 5) is 14.9. The Morgan fingerprint density at radius 3 is 2.91 bits per heavy atom. The topological polar surface area (TPSA) is 100 Å². The second kappa shape index (κ2) is 7.24. The van der Waals surface area contributed by atoms with E-state index in [0.29, 0.717) is 37.3 Å². The molecule has 0 amide bonds. The fraction of sp³-hybridized carbons (Fsp3) is 0.286. The normalized spacial score (nSPS) is 15.9. The lowest BCUT2D eigenvalue weighted by Crippen LogP contribution is -2.39. The number of pyridine rings is 2. The number of thioether (sulfide) groups is 1. The largest absolute Gasteiger partial charge is 0.378 e. The van der Waals surface area contributed by atoms with Crippen molar-refractivity contribution in [2.75, 3.05) is 26.3 Å². The molecule has 2 aromatic rings. The molecule has 1 aliphatic heterocycles. The van der Waals surface area contributed by atoms with Gasteiger partial charge < -0.3 is 15.4 Å². The summed E-state index contributed by atoms with van der Waals surface area (Å²) in [5, 5.41) is 8.74. The number of nitrogens with two attached hydrogens (primary N) is 1. The van der Waals surface area contributed by atoms with Crippen molar-refractivity contribution in [3.63, 3.8) is 0 Å². The van der Waals surface area contributed by atoms with Crippen LogP contribution in [0.4, 0.5) is 5.82 Å². The third-order valence-corrected chi connectivity index (χ3v) is 4.40. The Morgan fingerprint density at radius 2 is 2.13 bits per heavy atom. The average molecular weight is 395 g/mol. The maximum atomic E-state index is 8.07. The molecule has 23 heavy (non-hydrogen) atoms. The third kappa shape index (κ3) is 4.18. The van der Waals surface area contributed by atoms with Crippen molar-refractivity contribution in [2.45, 2.75) is 0 Å². The van der Waals surface area contributed by atoms with Gasteiger partial charge in [-0.25, -0.2) is 9.98 Å². The molecule has 9 heteroatoms. The van der Waals surface area contributed by atoms with Crippen LogP contribution in [-0.4, -0.2) is 51.5 Å². The molecule has 120 valence electrons. The molecule has 0 aliphatic carbocycles. The molecule has 0 atom stereocenters. The number of ether oxygens (including phenoxy) is 1. The number of aliphatic imine (C=N–C) groups is 1. The predicted octanol–water partition coefficient (Wildman–Crippen LogP) is 2.34. The number of rotatable bonds is 1. The van der Waals surface area contributed by atoms with E-state index in [4.69, 9.17) is 15.9 Å². The van der Waals surface area contributed by atoms with Crippen LogP contribution >= 0.6 is 27.7 Å². The van der Waals surface area contributed by atoms with Crippen LogP contribution in [0.25, 0.3) is 11.0 Å². The molecule has 1 saturated heterocycles. The molecule has 2 aromatic heterocycles. The molecule has 3 rings (SSSR count). The lowest BCUT2D eigenvalue weighted by Gasteiger charge is -2.28. The number of halogens is 1. The van der Waals surface area contributed by atoms with E-state index in [-0.39, 0.29) is 5.17 Å². The van der Waals surface area contributed by atoms with Gasteiger partial charge in [0.15, 0.2) is 16.2 Å². The van der Waals surface area contributed by atoms with Gasteiger partial charge in [0.2, 0.25) is 0 Å². The summed E-state index contributed by atoms with van der Waals surface area (Å²) < 4.78 is 6.13. The van der Waals surface area contributed by atoms with Gasteiger partial charge in [-0.15, -0.1) is 0 Å². The van der Waals surface area contributed by atoms with E-state index in [1.807, 2.05) is 17.0 Å². The highest BCUT2D eigenvalue weighted by atomic mass is 79.9. The number of nitrogens with zero attached hydrogens (tertiary/aromatic N) is 4. The highest BCUT2D eigenvalue weighted by Crippen LogP contribution is 2.20. The van der Waals surface area contributed by atoms with Gasteiger partial charge in [-0.3, -0.25) is 10.4 Å². The van der Waals surface area contributed by atoms with Gasteiger partial charge in [0.1, 0.15) is 0 Å². The van der Waals surface area contributed by atoms with Crippen molar-refractivity contribution < 1.29 is 4.74 Å². The second-order valence-corrected chi connectivity index (χ2v) is 6.74. The molecule has 3 N–H and O–H groups in total. The molecule has 0 aromatic carbocycles. The smallest absolute Gasteiger partial charge is 0.168 e. The predicted molar refractivity (Wildman–Crippen MR) is 96.2 cm³/mol. The fourth-order valence-electron chi connectivity index (χ4n) is 2.10. The maximum absolute atomic E-state index is 8.07. The summed E-state index contributed by atoms with van der Waals surface area (Å²) in [7, 11) is 0. The first-order valence-electron chi connectivity index (χ1n) is 6.97. The summed E-state index contributed by atoms with van der Waals surface area (Å²) in [6.07, 6.45) is 1.72. The number of morpholine rings is 1. The van der Waals surface area contributed by atoms with Gasteiger partial charge >= 0.3 is 0 Å². The van der Waals surface area contributed by atoms with Crippen LogP contribution in [0.5, 0.6) is 0 Å². The number of amidine groups is 2. The first-order chi connectivity index (χ1) is 11.1. The van der Waals surface area contributed by atoms with Gasteiger partial charge in [-0.1, -0.05) is 0 Å². The van der Waals surface area contributed by atoms with Crippen molar-refractivity contribution in [3.05, 3.63) is 28.9 Å². The second-order valence-electron chi connectivity index (χ2n) is 4.82. The molecule has 0 radical (unpaired) electrons. The zero-order valence-corrected chi connectivity index (χ0v) is 14.6. The quantitative estimate of drug-likeness (QED) is 0.568. The first kappa shape index (κ1) is 16.2. The van der Waals surface area contributed by atoms with Gasteiger partial charge in [-0.05, 0) is 45.9 Å². The van der Waals surface area contributed by atoms with Gasteiger partial charge in [0, 0.05) is 23.8 Å². The minimum absolute atomic E-state index is 0.288. The van der Waals surface area contributed by atoms with Crippen molar-refractivity contribution in [2.24, 2.45) is 10.7 Å². The third-order valence-electron chi connectivity index (χ3n) is 3.21. The molecule has 1 aliphatic rings. The van der Waals surface area contributed by atoms with E-state index in [1.165, 1.54) is 0 Å². The monoisotopic (exact) mass is 394 g/mol. The Hall–Kier alpha value is -1.71. The fourth-order valence-corrected chi connectivity index (χ4v) is 3.07. The van der Waals surface area contributed by atoms with E-state index in [9.17, 15) is 0 Å². The SMILES string of the molecule is N=C(SC(N)=Nc1ccc2ncc(Br)cc2n1)N1CCOCC1. The van der Waals surface area contributed by atoms with E-state index >= 15 is 0 Å². The summed E-state index contributed by atoms with van der Waals surface area (Å²) >= 11 is 4.50. The molecule has 0 unspecified atom stereocenters. The Kier molecular flexibility index (Phi) is 5.09. The summed E-state index contributed by atoms with van der Waals surface area (Å²) in [6.45, 7) is 2.67. The van der Waals surface area contributed by atoms with E-state index < -0.39 is 0 Å². The minimum Gasteiger partial charge on any atom is -0.378 e. The Bertz CT molecular complexity index is 762. The summed E-state index contributed by atoms with van der Waals surface area (Å²) in [5.41, 5.74) is 7.47. The maximum Gasteiger partial charge on any atom is 0.168 e. The molecule has 0 bridgehead atoms. The number of aromatic nitrogens is 2. The lowest BCUT2D eigenvalue weighted by atomic mass is 10.3. The van der Waals surface area contributed by atoms with Crippen LogP contribution in [0.15, 0.2) is 33.9 Å². The molecular weight excluding hydrogens is 380 g/mol. The summed E-state index contributed by atoms with van der Waals surface area (Å²) in [5.74, 6) is 0.497. The standard InChI is InChI=1S/C14H15BrN6OS/c15-9-7-11-10(18-8-9)1-2-12(19-11)20-13(16)23-14(17)21-3-5-22-6-4-21/h1-2,7-8,17H,3-6H2,(H2,16,19,20). The zero-order chi connectivity index (χ0) is 16.2. The zero-order valence-electron chi connectivity index (χ0n) is 12.2. The molecule has 1 fully saturated rings. The highest BCUT2D eigenvalue weighted by Gasteiger charge is 2.15. The molecule has 3 heterocycles. The van der Waals surface area contributed by atoms with Crippen molar-refractivity contribution in [1.29, 1.82) is 5.41 Å². The average Bonchev–Trinajstić information content (AvgIpc) is 2.55. The van der Waals surface area contributed by atoms with E-state index in [0.717, 1.165) is 27.3 Å².